The van der Waals surface area contributed by atoms with E-state index in [-0.39, 0.29) is 43.1 Å². The third kappa shape index (κ3) is 9.83. The Labute approximate surface area is 294 Å². The van der Waals surface area contributed by atoms with Crippen LogP contribution in [0.5, 0.6) is 11.5 Å². The molecule has 0 amide bonds. The number of phenols is 1. The minimum atomic E-state index is -0.435. The highest BCUT2D eigenvalue weighted by Gasteiger charge is 2.52. The third-order valence-corrected chi connectivity index (χ3v) is 11.0. The predicted molar refractivity (Wildman–Crippen MR) is 195 cm³/mol. The van der Waals surface area contributed by atoms with Crippen molar-refractivity contribution >= 4 is 5.71 Å². The summed E-state index contributed by atoms with van der Waals surface area (Å²) in [5.74, 6) is 3.45. The Kier molecular flexibility index (Phi) is 14.3. The molecule has 0 saturated heterocycles. The second kappa shape index (κ2) is 18.6. The summed E-state index contributed by atoms with van der Waals surface area (Å²) in [5.41, 5.74) is 4.23. The van der Waals surface area contributed by atoms with Gasteiger partial charge in [-0.05, 0) is 87.9 Å². The van der Waals surface area contributed by atoms with Crippen LogP contribution in [0, 0.1) is 29.8 Å². The highest BCUT2D eigenvalue weighted by Crippen LogP contribution is 2.50. The van der Waals surface area contributed by atoms with Crippen LogP contribution in [0.1, 0.15) is 97.0 Å². The van der Waals surface area contributed by atoms with Crippen LogP contribution in [-0.4, -0.2) is 88.1 Å². The largest absolute Gasteiger partial charge is 0.504 e. The smallest absolute Gasteiger partial charge is 0.196 e. The molecule has 4 aliphatic rings. The van der Waals surface area contributed by atoms with Crippen molar-refractivity contribution in [2.24, 2.45) is 22.7 Å². The molecule has 1 aromatic carbocycles. The number of aliphatic imine (C=N–C) groups is 1. The first kappa shape index (κ1) is 37.7. The van der Waals surface area contributed by atoms with Gasteiger partial charge in [-0.3, -0.25) is 5.32 Å². The zero-order chi connectivity index (χ0) is 34.8. The van der Waals surface area contributed by atoms with Gasteiger partial charge >= 0.3 is 0 Å². The molecule has 0 radical (unpaired) electrons. The summed E-state index contributed by atoms with van der Waals surface area (Å²) in [6.45, 7) is 7.92. The van der Waals surface area contributed by atoms with E-state index in [2.05, 4.69) is 36.6 Å². The molecule has 2 saturated carbocycles. The average Bonchev–Trinajstić information content (AvgIpc) is 3.83. The molecule has 1 aromatic rings. The van der Waals surface area contributed by atoms with Gasteiger partial charge in [0.15, 0.2) is 23.2 Å². The highest BCUT2D eigenvalue weighted by molar-refractivity contribution is 6.03. The van der Waals surface area contributed by atoms with Crippen LogP contribution >= 0.6 is 0 Å². The molecule has 2 heterocycles. The first-order valence-electron chi connectivity index (χ1n) is 19.1. The normalized spacial score (nSPS) is 25.3. The first-order valence-corrected chi connectivity index (χ1v) is 19.1. The number of allylic oxidation sites excluding steroid dienone is 1. The van der Waals surface area contributed by atoms with Gasteiger partial charge in [-0.1, -0.05) is 39.2 Å². The van der Waals surface area contributed by atoms with Crippen LogP contribution < -0.4 is 15.4 Å². The molecular weight excluding hydrogens is 618 g/mol. The summed E-state index contributed by atoms with van der Waals surface area (Å²) in [6.07, 6.45) is 17.2. The predicted octanol–water partition coefficient (Wildman–Crippen LogP) is 5.08. The molecule has 7 unspecified atom stereocenters. The number of aliphatic hydroxyl groups excluding tert-OH is 3. The van der Waals surface area contributed by atoms with Crippen molar-refractivity contribution < 1.29 is 29.9 Å². The number of hydrogen-bond acceptors (Lipinski definition) is 8. The molecule has 5 rings (SSSR count). The molecule has 2 fully saturated rings. The van der Waals surface area contributed by atoms with E-state index in [1.54, 1.807) is 6.07 Å². The number of unbranched alkanes of at least 4 members (excludes halogenated alkanes) is 1. The van der Waals surface area contributed by atoms with Gasteiger partial charge in [-0.25, -0.2) is 0 Å². The molecule has 0 bridgehead atoms. The van der Waals surface area contributed by atoms with Crippen LogP contribution in [-0.2, 0) is 6.42 Å². The maximum absolute atomic E-state index is 10.8. The van der Waals surface area contributed by atoms with Gasteiger partial charge in [-0.15, -0.1) is 16.6 Å². The van der Waals surface area contributed by atoms with Crippen molar-refractivity contribution in [1.29, 1.82) is 0 Å². The number of aryl methyl sites for hydroxylation is 1. The fourth-order valence-corrected chi connectivity index (χ4v) is 8.51. The number of nitrogens with zero attached hydrogens (tertiary/aromatic N) is 1. The molecule has 0 spiro atoms. The summed E-state index contributed by atoms with van der Waals surface area (Å²) in [7, 11) is 0. The van der Waals surface area contributed by atoms with Gasteiger partial charge in [0, 0.05) is 38.6 Å². The number of phenolic OH excluding ortho intramolecular Hbond substituents is 1. The van der Waals surface area contributed by atoms with Gasteiger partial charge in [-0.2, -0.15) is 0 Å². The van der Waals surface area contributed by atoms with Crippen molar-refractivity contribution in [2.75, 3.05) is 32.9 Å². The zero-order valence-corrected chi connectivity index (χ0v) is 30.0. The van der Waals surface area contributed by atoms with Crippen molar-refractivity contribution in [2.45, 2.75) is 122 Å². The minimum Gasteiger partial charge on any atom is -0.504 e. The van der Waals surface area contributed by atoms with Gasteiger partial charge < -0.3 is 35.2 Å². The van der Waals surface area contributed by atoms with E-state index >= 15 is 0 Å². The van der Waals surface area contributed by atoms with Gasteiger partial charge in [0.1, 0.15) is 30.4 Å². The summed E-state index contributed by atoms with van der Waals surface area (Å²) >= 11 is 0. The van der Waals surface area contributed by atoms with Crippen LogP contribution in [0.2, 0.25) is 0 Å². The van der Waals surface area contributed by atoms with Crippen LogP contribution in [0.15, 0.2) is 46.6 Å². The van der Waals surface area contributed by atoms with Crippen molar-refractivity contribution in [3.8, 4) is 11.5 Å². The summed E-state index contributed by atoms with van der Waals surface area (Å²) in [4.78, 5) is 5.26. The van der Waals surface area contributed by atoms with E-state index in [0.29, 0.717) is 30.7 Å². The number of nitrogens with one attached hydrogen (secondary N) is 2. The number of aromatic hydroxyl groups is 1. The Balaban J connectivity index is 1.28. The highest BCUT2D eigenvalue weighted by atomic mass is 16.5. The monoisotopic (exact) mass is 680 g/mol. The maximum Gasteiger partial charge on any atom is 0.196 e. The molecule has 2 aliphatic carbocycles. The number of ether oxygens (including phenoxy) is 2. The first-order chi connectivity index (χ1) is 23.8. The van der Waals surface area contributed by atoms with E-state index in [0.717, 1.165) is 87.3 Å². The fraction of sp³-hybridized carbons (Fsp3) is 0.675. The van der Waals surface area contributed by atoms with Gasteiger partial charge in [0.2, 0.25) is 0 Å². The van der Waals surface area contributed by atoms with Crippen LogP contribution in [0.3, 0.4) is 0 Å². The molecule has 7 N–H and O–H groups in total. The number of fused-ring (bicyclic) bond motifs is 2. The standard InChI is InChI=1S/C40H61N3O6/c1-4-6-12-38-29(24-45)21-30(49-38)16-13-27-14-18-37(47)39(20-27)48-25-36(41-5-2)35-22-32-33(43-35)17-15-28-9-7-10-31(28)40(32)34(11-8-19-44)42-23-26(3)46/h14,18,20-22,26,28,31,34,36,38,40-42,44-46,49H,4-13,15-17,19,23-25H2,1-3H3/p+1. The summed E-state index contributed by atoms with van der Waals surface area (Å²) in [5, 5.41) is 47.7. The Bertz CT molecular complexity index is 1280. The van der Waals surface area contributed by atoms with Crippen molar-refractivity contribution in [3.63, 3.8) is 0 Å². The molecule has 2 aliphatic heterocycles. The summed E-state index contributed by atoms with van der Waals surface area (Å²) in [6, 6.07) is 5.60. The average molecular weight is 681 g/mol. The molecule has 0 aromatic heterocycles. The Morgan fingerprint density at radius 3 is 2.76 bits per heavy atom. The SMILES string of the molecule is CCCCC1[OH+][C-](CCc2ccc(O)c(OCC(NCC)C3=C[C+]4C(=N3)CCC3CCCC3C4C(CCCO)NCC(C)O)c2)C=C1CO. The molecular formula is C40H62N3O6+. The zero-order valence-electron chi connectivity index (χ0n) is 30.0. The maximum atomic E-state index is 10.8. The minimum absolute atomic E-state index is 0.0543. The summed E-state index contributed by atoms with van der Waals surface area (Å²) < 4.78 is 11.2. The fourth-order valence-electron chi connectivity index (χ4n) is 8.51. The number of hydrogen-bond donors (Lipinski definition) is 6. The van der Waals surface area contributed by atoms with E-state index in [4.69, 9.17) is 14.5 Å². The van der Waals surface area contributed by atoms with E-state index in [1.807, 2.05) is 19.1 Å². The topological polar surface area (TPSA) is 139 Å². The van der Waals surface area contributed by atoms with E-state index < -0.39 is 6.10 Å². The third-order valence-electron chi connectivity index (χ3n) is 11.0. The quantitative estimate of drug-likeness (QED) is 0.0834. The van der Waals surface area contributed by atoms with E-state index in [9.17, 15) is 20.4 Å². The Hall–Kier alpha value is -2.53. The second-order valence-electron chi connectivity index (χ2n) is 14.6. The van der Waals surface area contributed by atoms with Crippen LogP contribution in [0.25, 0.3) is 0 Å². The van der Waals surface area contributed by atoms with Gasteiger partial charge in [0.25, 0.3) is 0 Å². The second-order valence-corrected chi connectivity index (χ2v) is 14.6. The molecule has 272 valence electrons. The lowest BCUT2D eigenvalue weighted by Gasteiger charge is -2.33. The molecule has 9 nitrogen and oxygen atoms in total. The number of rotatable bonds is 20. The lowest BCUT2D eigenvalue weighted by atomic mass is 9.71. The lowest BCUT2D eigenvalue weighted by molar-refractivity contribution is -0.0550. The van der Waals surface area contributed by atoms with Crippen LogP contribution in [0.4, 0.5) is 0 Å². The van der Waals surface area contributed by atoms with Crippen molar-refractivity contribution in [3.05, 3.63) is 59.2 Å². The number of likely N-dealkylation sites (N-methyl/N-ethyl adjacent to an activating group) is 1. The number of benzene rings is 1. The molecule has 49 heavy (non-hydrogen) atoms. The lowest BCUT2D eigenvalue weighted by Crippen LogP contribution is -2.46. The molecule has 9 heteroatoms. The Morgan fingerprint density at radius 2 is 2.00 bits per heavy atom. The Morgan fingerprint density at radius 1 is 1.14 bits per heavy atom. The van der Waals surface area contributed by atoms with Crippen molar-refractivity contribution in [1.82, 2.24) is 10.6 Å². The molecule has 7 atom stereocenters. The van der Waals surface area contributed by atoms with E-state index in [1.165, 1.54) is 30.9 Å². The van der Waals surface area contributed by atoms with Gasteiger partial charge in [0.05, 0.1) is 18.1 Å². The number of aliphatic hydroxyl groups is 5.